The number of hydrogen-bond donors (Lipinski definition) is 2. The molecule has 0 radical (unpaired) electrons. The summed E-state index contributed by atoms with van der Waals surface area (Å²) in [5.41, 5.74) is 0. The molecule has 0 bridgehead atoms. The van der Waals surface area contributed by atoms with Crippen LogP contribution in [0.2, 0.25) is 0 Å². The normalized spacial score (nSPS) is 10.1. The zero-order valence-corrected chi connectivity index (χ0v) is 7.04. The van der Waals surface area contributed by atoms with E-state index in [0.29, 0.717) is 6.54 Å². The van der Waals surface area contributed by atoms with E-state index in [2.05, 4.69) is 5.32 Å². The maximum atomic E-state index is 10.7. The van der Waals surface area contributed by atoms with Crippen molar-refractivity contribution < 1.29 is 14.7 Å². The molecule has 0 rings (SSSR count). The zero-order chi connectivity index (χ0) is 9.40. The molecule has 0 aromatic carbocycles. The van der Waals surface area contributed by atoms with Crippen LogP contribution in [-0.4, -0.2) is 23.5 Å². The molecule has 0 atom stereocenters. The van der Waals surface area contributed by atoms with Crippen molar-refractivity contribution in [3.05, 3.63) is 12.2 Å². The van der Waals surface area contributed by atoms with E-state index in [1.54, 1.807) is 0 Å². The van der Waals surface area contributed by atoms with Crippen LogP contribution >= 0.6 is 0 Å². The van der Waals surface area contributed by atoms with Gasteiger partial charge in [0.2, 0.25) is 5.91 Å². The van der Waals surface area contributed by atoms with E-state index in [9.17, 15) is 9.59 Å². The van der Waals surface area contributed by atoms with Crippen LogP contribution in [0, 0.1) is 0 Å². The third-order valence-corrected chi connectivity index (χ3v) is 1.18. The van der Waals surface area contributed by atoms with Crippen molar-refractivity contribution in [1.29, 1.82) is 0 Å². The lowest BCUT2D eigenvalue weighted by Crippen LogP contribution is -2.26. The number of amides is 1. The quantitative estimate of drug-likeness (QED) is 0.360. The average molecular weight is 171 g/mol. The first-order chi connectivity index (χ1) is 5.66. The lowest BCUT2D eigenvalue weighted by Gasteiger charge is -1.99. The Morgan fingerprint density at radius 1 is 1.50 bits per heavy atom. The first-order valence-electron chi connectivity index (χ1n) is 3.76. The van der Waals surface area contributed by atoms with Gasteiger partial charge in [0.15, 0.2) is 0 Å². The Morgan fingerprint density at radius 2 is 2.17 bits per heavy atom. The van der Waals surface area contributed by atoms with Crippen LogP contribution in [0.5, 0.6) is 0 Å². The van der Waals surface area contributed by atoms with E-state index in [4.69, 9.17) is 5.11 Å². The lowest BCUT2D eigenvalue weighted by atomic mass is 10.3. The smallest absolute Gasteiger partial charge is 0.312 e. The van der Waals surface area contributed by atoms with Crippen molar-refractivity contribution in [2.45, 2.75) is 19.8 Å². The number of nitrogens with one attached hydrogen (secondary N) is 1. The standard InChI is InChI=1S/C8H13NO3/c1-2-3-4-5-9-7(10)6-8(11)12/h2-3H,4-6H2,1H3,(H,9,10)(H,11,12)/b3-2+. The molecule has 4 heteroatoms. The largest absolute Gasteiger partial charge is 0.481 e. The van der Waals surface area contributed by atoms with Gasteiger partial charge in [-0.3, -0.25) is 9.59 Å². The Balaban J connectivity index is 3.38. The predicted octanol–water partition coefficient (Wildman–Crippen LogP) is 0.544. The van der Waals surface area contributed by atoms with Crippen molar-refractivity contribution in [1.82, 2.24) is 5.32 Å². The van der Waals surface area contributed by atoms with Crippen LogP contribution in [0.25, 0.3) is 0 Å². The van der Waals surface area contributed by atoms with Crippen molar-refractivity contribution in [2.75, 3.05) is 6.54 Å². The summed E-state index contributed by atoms with van der Waals surface area (Å²) in [6.07, 6.45) is 4.07. The van der Waals surface area contributed by atoms with Crippen molar-refractivity contribution in [3.63, 3.8) is 0 Å². The van der Waals surface area contributed by atoms with Gasteiger partial charge >= 0.3 is 5.97 Å². The number of carbonyl (C=O) groups is 2. The minimum Gasteiger partial charge on any atom is -0.481 e. The van der Waals surface area contributed by atoms with Crippen molar-refractivity contribution in [2.24, 2.45) is 0 Å². The third-order valence-electron chi connectivity index (χ3n) is 1.18. The van der Waals surface area contributed by atoms with Gasteiger partial charge in [0.1, 0.15) is 6.42 Å². The summed E-state index contributed by atoms with van der Waals surface area (Å²) < 4.78 is 0. The molecule has 0 aliphatic heterocycles. The first-order valence-corrected chi connectivity index (χ1v) is 3.76. The van der Waals surface area contributed by atoms with Gasteiger partial charge in [0, 0.05) is 6.54 Å². The molecule has 0 saturated carbocycles. The van der Waals surface area contributed by atoms with Crippen LogP contribution in [0.3, 0.4) is 0 Å². The van der Waals surface area contributed by atoms with Gasteiger partial charge < -0.3 is 10.4 Å². The molecule has 4 nitrogen and oxygen atoms in total. The summed E-state index contributed by atoms with van der Waals surface area (Å²) in [5, 5.41) is 10.7. The SMILES string of the molecule is C/C=C/CCNC(=O)CC(=O)O. The Bertz CT molecular complexity index is 187. The molecule has 12 heavy (non-hydrogen) atoms. The maximum absolute atomic E-state index is 10.7. The number of carboxylic acid groups (broad SMARTS) is 1. The minimum absolute atomic E-state index is 0.438. The summed E-state index contributed by atoms with van der Waals surface area (Å²) in [6, 6.07) is 0. The Kier molecular flexibility index (Phi) is 5.69. The Labute approximate surface area is 71.3 Å². The van der Waals surface area contributed by atoms with Gasteiger partial charge in [-0.15, -0.1) is 0 Å². The van der Waals surface area contributed by atoms with Gasteiger partial charge in [-0.05, 0) is 13.3 Å². The number of carboxylic acids is 1. The molecular formula is C8H13NO3. The van der Waals surface area contributed by atoms with E-state index in [1.807, 2.05) is 19.1 Å². The molecule has 1 amide bonds. The summed E-state index contributed by atoms with van der Waals surface area (Å²) in [7, 11) is 0. The number of rotatable bonds is 5. The highest BCUT2D eigenvalue weighted by atomic mass is 16.4. The van der Waals surface area contributed by atoms with Gasteiger partial charge in [-0.2, -0.15) is 0 Å². The Hall–Kier alpha value is -1.32. The second kappa shape index (κ2) is 6.39. The molecule has 0 aromatic rings. The molecule has 0 aliphatic carbocycles. The number of allylic oxidation sites excluding steroid dienone is 1. The van der Waals surface area contributed by atoms with E-state index in [-0.39, 0.29) is 0 Å². The summed E-state index contributed by atoms with van der Waals surface area (Å²) in [6.45, 7) is 2.38. The highest BCUT2D eigenvalue weighted by Gasteiger charge is 2.04. The van der Waals surface area contributed by atoms with Gasteiger partial charge in [0.05, 0.1) is 0 Å². The predicted molar refractivity (Wildman–Crippen MR) is 44.7 cm³/mol. The monoisotopic (exact) mass is 171 g/mol. The first kappa shape index (κ1) is 10.7. The number of aliphatic carboxylic acids is 1. The maximum Gasteiger partial charge on any atom is 0.312 e. The van der Waals surface area contributed by atoms with Gasteiger partial charge in [-0.25, -0.2) is 0 Å². The van der Waals surface area contributed by atoms with E-state index >= 15 is 0 Å². The van der Waals surface area contributed by atoms with Crippen molar-refractivity contribution in [3.8, 4) is 0 Å². The Morgan fingerprint density at radius 3 is 2.67 bits per heavy atom. The molecule has 0 aliphatic rings. The fourth-order valence-electron chi connectivity index (χ4n) is 0.661. The topological polar surface area (TPSA) is 66.4 Å². The van der Waals surface area contributed by atoms with E-state index in [0.717, 1.165) is 6.42 Å². The van der Waals surface area contributed by atoms with E-state index < -0.39 is 18.3 Å². The van der Waals surface area contributed by atoms with E-state index in [1.165, 1.54) is 0 Å². The molecular weight excluding hydrogens is 158 g/mol. The van der Waals surface area contributed by atoms with Crippen LogP contribution < -0.4 is 5.32 Å². The van der Waals surface area contributed by atoms with Crippen LogP contribution in [-0.2, 0) is 9.59 Å². The zero-order valence-electron chi connectivity index (χ0n) is 7.04. The number of carbonyl (C=O) groups excluding carboxylic acids is 1. The molecule has 0 fully saturated rings. The molecule has 0 spiro atoms. The van der Waals surface area contributed by atoms with Crippen molar-refractivity contribution >= 4 is 11.9 Å². The second-order valence-electron chi connectivity index (χ2n) is 2.28. The summed E-state index contributed by atoms with van der Waals surface area (Å²) in [4.78, 5) is 20.7. The van der Waals surface area contributed by atoms with Crippen LogP contribution in [0.15, 0.2) is 12.2 Å². The molecule has 0 saturated heterocycles. The molecule has 0 heterocycles. The second-order valence-corrected chi connectivity index (χ2v) is 2.28. The minimum atomic E-state index is -1.10. The third kappa shape index (κ3) is 6.80. The lowest BCUT2D eigenvalue weighted by molar-refractivity contribution is -0.140. The van der Waals surface area contributed by atoms with Gasteiger partial charge in [-0.1, -0.05) is 12.2 Å². The highest BCUT2D eigenvalue weighted by molar-refractivity contribution is 5.93. The molecule has 0 unspecified atom stereocenters. The fraction of sp³-hybridized carbons (Fsp3) is 0.500. The molecule has 0 aromatic heterocycles. The number of hydrogen-bond acceptors (Lipinski definition) is 2. The van der Waals surface area contributed by atoms with Crippen LogP contribution in [0.1, 0.15) is 19.8 Å². The average Bonchev–Trinajstić information content (AvgIpc) is 1.97. The highest BCUT2D eigenvalue weighted by Crippen LogP contribution is 1.82. The fourth-order valence-corrected chi connectivity index (χ4v) is 0.661. The molecule has 2 N–H and O–H groups in total. The van der Waals surface area contributed by atoms with Crippen LogP contribution in [0.4, 0.5) is 0 Å². The summed E-state index contributed by atoms with van der Waals surface area (Å²) in [5.74, 6) is -1.54. The summed E-state index contributed by atoms with van der Waals surface area (Å²) >= 11 is 0. The molecule has 68 valence electrons. The van der Waals surface area contributed by atoms with Gasteiger partial charge in [0.25, 0.3) is 0 Å².